The Labute approximate surface area is 222 Å². The van der Waals surface area contributed by atoms with Crippen molar-refractivity contribution >= 4 is 33.5 Å². The summed E-state index contributed by atoms with van der Waals surface area (Å²) in [4.78, 5) is 37.3. The number of nitrogens with zero attached hydrogens (tertiary/aromatic N) is 4. The number of H-pyrrole nitrogens is 2. The molecule has 1 aliphatic rings. The molecule has 0 atom stereocenters. The van der Waals surface area contributed by atoms with Crippen molar-refractivity contribution in [3.05, 3.63) is 79.4 Å². The number of fused-ring (bicyclic) bond motifs is 2. The largest absolute Gasteiger partial charge is 0.359 e. The van der Waals surface area contributed by atoms with Crippen molar-refractivity contribution in [2.45, 2.75) is 25.7 Å². The van der Waals surface area contributed by atoms with E-state index in [1.807, 2.05) is 18.3 Å². The predicted octanol–water partition coefficient (Wildman–Crippen LogP) is 6.50. The fourth-order valence-electron chi connectivity index (χ4n) is 5.39. The first-order valence-electron chi connectivity index (χ1n) is 13.0. The Kier molecular flexibility index (Phi) is 5.61. The van der Waals surface area contributed by atoms with Gasteiger partial charge in [-0.25, -0.2) is 9.37 Å². The number of carbonyl (C=O) groups excluding carboxylic acids is 1. The smallest absolute Gasteiger partial charge is 0.227 e. The van der Waals surface area contributed by atoms with Crippen LogP contribution in [0.25, 0.3) is 55.7 Å². The predicted molar refractivity (Wildman–Crippen MR) is 148 cm³/mol. The van der Waals surface area contributed by atoms with E-state index in [1.54, 1.807) is 49.2 Å². The first kappa shape index (κ1) is 23.2. The molecule has 0 spiro atoms. The number of nitrogens with one attached hydrogen (secondary N) is 3. The van der Waals surface area contributed by atoms with Crippen LogP contribution >= 0.6 is 0 Å². The van der Waals surface area contributed by atoms with Crippen LogP contribution < -0.4 is 5.32 Å². The van der Waals surface area contributed by atoms with E-state index in [1.165, 1.54) is 6.07 Å². The minimum atomic E-state index is -0.325. The summed E-state index contributed by atoms with van der Waals surface area (Å²) in [5, 5.41) is 3.93. The van der Waals surface area contributed by atoms with Crippen LogP contribution in [0, 0.1) is 11.7 Å². The lowest BCUT2D eigenvalue weighted by Crippen LogP contribution is -2.20. The summed E-state index contributed by atoms with van der Waals surface area (Å²) < 4.78 is 14.6. The number of aromatic amines is 2. The molecule has 5 heterocycles. The number of halogens is 1. The van der Waals surface area contributed by atoms with E-state index in [0.717, 1.165) is 53.4 Å². The minimum Gasteiger partial charge on any atom is -0.359 e. The van der Waals surface area contributed by atoms with Crippen molar-refractivity contribution in [3.8, 4) is 33.8 Å². The van der Waals surface area contributed by atoms with Crippen LogP contribution in [0.5, 0.6) is 0 Å². The van der Waals surface area contributed by atoms with E-state index in [0.29, 0.717) is 33.7 Å². The highest BCUT2D eigenvalue weighted by Gasteiger charge is 2.23. The average molecular weight is 518 g/mol. The van der Waals surface area contributed by atoms with Crippen molar-refractivity contribution < 1.29 is 9.18 Å². The van der Waals surface area contributed by atoms with Gasteiger partial charge in [0, 0.05) is 52.1 Å². The molecule has 1 aliphatic carbocycles. The van der Waals surface area contributed by atoms with Crippen LogP contribution in [-0.2, 0) is 4.79 Å². The molecule has 192 valence electrons. The maximum atomic E-state index is 14.6. The van der Waals surface area contributed by atoms with Gasteiger partial charge in [0.1, 0.15) is 17.2 Å². The maximum absolute atomic E-state index is 14.6. The third kappa shape index (κ3) is 4.21. The molecule has 1 aromatic carbocycles. The number of carbonyl (C=O) groups is 1. The number of rotatable bonds is 5. The fraction of sp³-hybridized carbons (Fsp3) is 0.167. The van der Waals surface area contributed by atoms with E-state index in [2.05, 4.69) is 30.2 Å². The number of hydrogen-bond donors (Lipinski definition) is 3. The summed E-state index contributed by atoms with van der Waals surface area (Å²) in [6.07, 6.45) is 14.4. The number of imidazole rings is 1. The molecule has 39 heavy (non-hydrogen) atoms. The Balaban J connectivity index is 1.25. The maximum Gasteiger partial charge on any atom is 0.227 e. The molecule has 5 aromatic heterocycles. The van der Waals surface area contributed by atoms with E-state index >= 15 is 0 Å². The zero-order valence-electron chi connectivity index (χ0n) is 20.9. The molecule has 0 saturated heterocycles. The van der Waals surface area contributed by atoms with E-state index in [4.69, 9.17) is 4.98 Å². The number of pyridine rings is 3. The van der Waals surface area contributed by atoms with Gasteiger partial charge in [-0.1, -0.05) is 31.0 Å². The first-order chi connectivity index (χ1) is 19.1. The summed E-state index contributed by atoms with van der Waals surface area (Å²) >= 11 is 0. The molecule has 1 fully saturated rings. The normalized spacial score (nSPS) is 13.9. The van der Waals surface area contributed by atoms with E-state index in [-0.39, 0.29) is 17.6 Å². The third-order valence-corrected chi connectivity index (χ3v) is 7.41. The second-order valence-corrected chi connectivity index (χ2v) is 9.90. The van der Waals surface area contributed by atoms with Gasteiger partial charge in [-0.15, -0.1) is 0 Å². The summed E-state index contributed by atoms with van der Waals surface area (Å²) in [7, 11) is 0. The molecule has 9 heteroatoms. The van der Waals surface area contributed by atoms with Crippen LogP contribution in [0.1, 0.15) is 25.7 Å². The Morgan fingerprint density at radius 2 is 1.77 bits per heavy atom. The zero-order valence-corrected chi connectivity index (χ0v) is 20.9. The van der Waals surface area contributed by atoms with Gasteiger partial charge in [0.15, 0.2) is 0 Å². The molecule has 7 rings (SSSR count). The van der Waals surface area contributed by atoms with Crippen LogP contribution in [-0.4, -0.2) is 35.8 Å². The van der Waals surface area contributed by atoms with Crippen LogP contribution in [0.3, 0.4) is 0 Å². The van der Waals surface area contributed by atoms with Gasteiger partial charge < -0.3 is 15.3 Å². The average Bonchev–Trinajstić information content (AvgIpc) is 3.73. The molecule has 8 nitrogen and oxygen atoms in total. The van der Waals surface area contributed by atoms with Crippen molar-refractivity contribution in [3.63, 3.8) is 0 Å². The second-order valence-electron chi connectivity index (χ2n) is 9.90. The van der Waals surface area contributed by atoms with Gasteiger partial charge in [0.2, 0.25) is 5.91 Å². The van der Waals surface area contributed by atoms with Gasteiger partial charge in [0.05, 0.1) is 41.0 Å². The highest BCUT2D eigenvalue weighted by molar-refractivity contribution is 5.99. The van der Waals surface area contributed by atoms with Crippen molar-refractivity contribution in [2.24, 2.45) is 5.92 Å². The lowest BCUT2D eigenvalue weighted by molar-refractivity contribution is -0.119. The van der Waals surface area contributed by atoms with Gasteiger partial charge in [-0.05, 0) is 31.0 Å². The molecular weight excluding hydrogens is 493 g/mol. The molecule has 0 aliphatic heterocycles. The van der Waals surface area contributed by atoms with Gasteiger partial charge in [-0.3, -0.25) is 19.7 Å². The lowest BCUT2D eigenvalue weighted by Gasteiger charge is -2.11. The van der Waals surface area contributed by atoms with Crippen molar-refractivity contribution in [1.29, 1.82) is 0 Å². The molecule has 1 saturated carbocycles. The van der Waals surface area contributed by atoms with E-state index < -0.39 is 0 Å². The summed E-state index contributed by atoms with van der Waals surface area (Å²) in [6.45, 7) is 0. The lowest BCUT2D eigenvalue weighted by atomic mass is 10.1. The highest BCUT2D eigenvalue weighted by Crippen LogP contribution is 2.34. The quantitative estimate of drug-likeness (QED) is 0.242. The number of amides is 1. The molecule has 0 bridgehead atoms. The Bertz CT molecular complexity index is 1850. The van der Waals surface area contributed by atoms with Crippen LogP contribution in [0.15, 0.2) is 73.6 Å². The fourth-order valence-corrected chi connectivity index (χ4v) is 5.39. The Hall–Kier alpha value is -4.92. The minimum absolute atomic E-state index is 0.0527. The molecule has 1 amide bonds. The SMILES string of the molecule is O=C(Nc1cncc(-c2cc3c(-c4nc5c(-c6ccccc6F)cncc5[nH]4)c[nH]c3cn2)c1)C1CCCC1. The monoisotopic (exact) mass is 517 g/mol. The van der Waals surface area contributed by atoms with Gasteiger partial charge in [0.25, 0.3) is 0 Å². The number of benzene rings is 1. The first-order valence-corrected chi connectivity index (χ1v) is 13.0. The topological polar surface area (TPSA) is 112 Å². The van der Waals surface area contributed by atoms with Crippen molar-refractivity contribution in [1.82, 2.24) is 29.9 Å². The molecule has 0 unspecified atom stereocenters. The van der Waals surface area contributed by atoms with Crippen LogP contribution in [0.2, 0.25) is 0 Å². The molecule has 6 aromatic rings. The summed E-state index contributed by atoms with van der Waals surface area (Å²) in [5.74, 6) is 0.435. The van der Waals surface area contributed by atoms with Crippen LogP contribution in [0.4, 0.5) is 10.1 Å². The third-order valence-electron chi connectivity index (χ3n) is 7.41. The zero-order chi connectivity index (χ0) is 26.3. The highest BCUT2D eigenvalue weighted by atomic mass is 19.1. The Morgan fingerprint density at radius 3 is 2.64 bits per heavy atom. The number of aromatic nitrogens is 6. The molecular formula is C30H24FN7O. The molecule has 3 N–H and O–H groups in total. The van der Waals surface area contributed by atoms with E-state index in [9.17, 15) is 9.18 Å². The summed E-state index contributed by atoms with van der Waals surface area (Å²) in [5.41, 5.74) is 6.30. The summed E-state index contributed by atoms with van der Waals surface area (Å²) in [6, 6.07) is 10.5. The van der Waals surface area contributed by atoms with Crippen molar-refractivity contribution in [2.75, 3.05) is 5.32 Å². The van der Waals surface area contributed by atoms with Gasteiger partial charge >= 0.3 is 0 Å². The van der Waals surface area contributed by atoms with Gasteiger partial charge in [-0.2, -0.15) is 0 Å². The standard InChI is InChI=1S/C30H24FN7O/c31-24-8-4-3-7-20(24)22-13-33-15-27-28(22)38-29(37-27)23-14-34-26-16-35-25(10-21(23)26)18-9-19(12-32-11-18)36-30(39)17-5-1-2-6-17/h3-4,7-17,34H,1-2,5-6H2,(H,36,39)(H,37,38). The molecule has 0 radical (unpaired) electrons. The number of anilines is 1. The Morgan fingerprint density at radius 1 is 0.923 bits per heavy atom. The number of hydrogen-bond acceptors (Lipinski definition) is 5. The second kappa shape index (κ2) is 9.43.